The van der Waals surface area contributed by atoms with Gasteiger partial charge in [0.05, 0.1) is 15.4 Å². The van der Waals surface area contributed by atoms with Gasteiger partial charge >= 0.3 is 0 Å². The topological polar surface area (TPSA) is 124 Å². The number of non-ortho nitro benzene ring substituents is 2. The SMILES string of the molecule is O=C(/C=C/c1ccc([N+](=O)[O-])cc1)c1cc([N+](=O)[O-])ccc1O. The molecule has 0 radical (unpaired) electrons. The lowest BCUT2D eigenvalue weighted by atomic mass is 10.1. The molecule has 0 spiro atoms. The molecule has 2 aromatic rings. The molecule has 0 amide bonds. The van der Waals surface area contributed by atoms with Crippen molar-refractivity contribution in [3.05, 3.63) is 79.9 Å². The summed E-state index contributed by atoms with van der Waals surface area (Å²) in [5, 5.41) is 30.9. The Kier molecular flexibility index (Phi) is 4.46. The van der Waals surface area contributed by atoms with Gasteiger partial charge in [0.25, 0.3) is 11.4 Å². The molecule has 8 heteroatoms. The Morgan fingerprint density at radius 3 is 2.09 bits per heavy atom. The Bertz CT molecular complexity index is 811. The molecule has 8 nitrogen and oxygen atoms in total. The number of hydrogen-bond acceptors (Lipinski definition) is 6. The van der Waals surface area contributed by atoms with Gasteiger partial charge in [-0.1, -0.05) is 6.08 Å². The fraction of sp³-hybridized carbons (Fsp3) is 0. The zero-order valence-electron chi connectivity index (χ0n) is 11.6. The zero-order chi connectivity index (χ0) is 17.0. The van der Waals surface area contributed by atoms with Crippen LogP contribution in [-0.4, -0.2) is 20.7 Å². The minimum atomic E-state index is -0.670. The molecule has 0 aliphatic rings. The number of aromatic hydroxyl groups is 1. The molecule has 2 aromatic carbocycles. The van der Waals surface area contributed by atoms with Crippen molar-refractivity contribution in [2.45, 2.75) is 0 Å². The Balaban J connectivity index is 2.23. The second-order valence-electron chi connectivity index (χ2n) is 4.50. The third kappa shape index (κ3) is 3.76. The number of carbonyl (C=O) groups excluding carboxylic acids is 1. The number of hydrogen-bond donors (Lipinski definition) is 1. The van der Waals surface area contributed by atoms with Gasteiger partial charge in [-0.05, 0) is 29.8 Å². The normalized spacial score (nSPS) is 10.6. The second-order valence-corrected chi connectivity index (χ2v) is 4.50. The first-order valence-electron chi connectivity index (χ1n) is 6.33. The molecule has 0 aromatic heterocycles. The third-order valence-electron chi connectivity index (χ3n) is 2.99. The molecule has 0 unspecified atom stereocenters. The van der Waals surface area contributed by atoms with E-state index >= 15 is 0 Å². The van der Waals surface area contributed by atoms with E-state index in [0.717, 1.165) is 24.3 Å². The van der Waals surface area contributed by atoms with Crippen molar-refractivity contribution in [3.8, 4) is 5.75 Å². The van der Waals surface area contributed by atoms with Crippen molar-refractivity contribution < 1.29 is 19.7 Å². The van der Waals surface area contributed by atoms with Gasteiger partial charge in [-0.15, -0.1) is 0 Å². The van der Waals surface area contributed by atoms with Crippen LogP contribution < -0.4 is 0 Å². The third-order valence-corrected chi connectivity index (χ3v) is 2.99. The number of nitrogens with zero attached hydrogens (tertiary/aromatic N) is 2. The van der Waals surface area contributed by atoms with Gasteiger partial charge in [0.15, 0.2) is 5.78 Å². The highest BCUT2D eigenvalue weighted by Gasteiger charge is 2.14. The van der Waals surface area contributed by atoms with Crippen LogP contribution in [-0.2, 0) is 0 Å². The molecule has 0 heterocycles. The molecule has 0 bridgehead atoms. The zero-order valence-corrected chi connectivity index (χ0v) is 11.6. The van der Waals surface area contributed by atoms with E-state index in [1.165, 1.54) is 30.3 Å². The lowest BCUT2D eigenvalue weighted by Gasteiger charge is -2.00. The first-order valence-corrected chi connectivity index (χ1v) is 6.33. The van der Waals surface area contributed by atoms with Crippen LogP contribution in [0.15, 0.2) is 48.5 Å². The summed E-state index contributed by atoms with van der Waals surface area (Å²) in [6.07, 6.45) is 2.52. The number of phenolic OH excluding ortho intramolecular Hbond substituents is 1. The minimum Gasteiger partial charge on any atom is -0.507 e. The molecule has 0 aliphatic heterocycles. The first kappa shape index (κ1) is 15.8. The molecule has 0 saturated heterocycles. The summed E-state index contributed by atoms with van der Waals surface area (Å²) < 4.78 is 0. The van der Waals surface area contributed by atoms with E-state index in [-0.39, 0.29) is 22.7 Å². The van der Waals surface area contributed by atoms with Gasteiger partial charge in [-0.2, -0.15) is 0 Å². The number of carbonyl (C=O) groups is 1. The number of nitro groups is 2. The van der Waals surface area contributed by atoms with Crippen molar-refractivity contribution in [1.82, 2.24) is 0 Å². The Hall–Kier alpha value is -3.55. The van der Waals surface area contributed by atoms with Crippen LogP contribution in [0.5, 0.6) is 5.75 Å². The van der Waals surface area contributed by atoms with Crippen molar-refractivity contribution in [3.63, 3.8) is 0 Å². The van der Waals surface area contributed by atoms with Gasteiger partial charge in [0.1, 0.15) is 5.75 Å². The predicted molar refractivity (Wildman–Crippen MR) is 81.2 cm³/mol. The van der Waals surface area contributed by atoms with Gasteiger partial charge in [-0.3, -0.25) is 25.0 Å². The first-order chi connectivity index (χ1) is 10.9. The van der Waals surface area contributed by atoms with Gasteiger partial charge in [0, 0.05) is 24.3 Å². The van der Waals surface area contributed by atoms with E-state index in [1.54, 1.807) is 0 Å². The Labute approximate surface area is 129 Å². The van der Waals surface area contributed by atoms with Crippen LogP contribution in [0.1, 0.15) is 15.9 Å². The highest BCUT2D eigenvalue weighted by atomic mass is 16.6. The average Bonchev–Trinajstić information content (AvgIpc) is 2.53. The molecule has 0 saturated carbocycles. The molecule has 0 fully saturated rings. The highest BCUT2D eigenvalue weighted by Crippen LogP contribution is 2.24. The van der Waals surface area contributed by atoms with Crippen LogP contribution in [0.25, 0.3) is 6.08 Å². The number of phenols is 1. The fourth-order valence-electron chi connectivity index (χ4n) is 1.80. The standard InChI is InChI=1S/C15H10N2O6/c18-14(13-9-12(17(22)23)6-8-15(13)19)7-3-10-1-4-11(5-2-10)16(20)21/h1-9,19H/b7-3+. The number of benzene rings is 2. The largest absolute Gasteiger partial charge is 0.507 e. The lowest BCUT2D eigenvalue weighted by molar-refractivity contribution is -0.385. The Morgan fingerprint density at radius 1 is 0.957 bits per heavy atom. The average molecular weight is 314 g/mol. The maximum absolute atomic E-state index is 12.0. The maximum atomic E-state index is 12.0. The number of allylic oxidation sites excluding steroid dienone is 1. The Morgan fingerprint density at radius 2 is 1.52 bits per heavy atom. The van der Waals surface area contributed by atoms with Crippen LogP contribution in [0.4, 0.5) is 11.4 Å². The summed E-state index contributed by atoms with van der Waals surface area (Å²) in [6.45, 7) is 0. The molecular formula is C15H10N2O6. The molecule has 0 atom stereocenters. The summed E-state index contributed by atoms with van der Waals surface area (Å²) in [6, 6.07) is 8.63. The van der Waals surface area contributed by atoms with Crippen molar-refractivity contribution in [2.24, 2.45) is 0 Å². The van der Waals surface area contributed by atoms with E-state index < -0.39 is 15.6 Å². The van der Waals surface area contributed by atoms with E-state index in [1.807, 2.05) is 0 Å². The van der Waals surface area contributed by atoms with Gasteiger partial charge < -0.3 is 5.11 Å². The quantitative estimate of drug-likeness (QED) is 0.391. The van der Waals surface area contributed by atoms with Crippen LogP contribution in [0, 0.1) is 20.2 Å². The van der Waals surface area contributed by atoms with E-state index in [4.69, 9.17) is 0 Å². The van der Waals surface area contributed by atoms with E-state index in [2.05, 4.69) is 0 Å². The van der Waals surface area contributed by atoms with Gasteiger partial charge in [-0.25, -0.2) is 0 Å². The maximum Gasteiger partial charge on any atom is 0.270 e. The van der Waals surface area contributed by atoms with Crippen LogP contribution in [0.3, 0.4) is 0 Å². The summed E-state index contributed by atoms with van der Waals surface area (Å²) in [4.78, 5) is 32.0. The summed E-state index contributed by atoms with van der Waals surface area (Å²) in [7, 11) is 0. The van der Waals surface area contributed by atoms with Crippen molar-refractivity contribution >= 4 is 23.2 Å². The lowest BCUT2D eigenvalue weighted by Crippen LogP contribution is -1.97. The number of nitro benzene ring substituents is 2. The monoisotopic (exact) mass is 314 g/mol. The number of rotatable bonds is 5. The smallest absolute Gasteiger partial charge is 0.270 e. The van der Waals surface area contributed by atoms with Gasteiger partial charge in [0.2, 0.25) is 0 Å². The second kappa shape index (κ2) is 6.48. The predicted octanol–water partition coefficient (Wildman–Crippen LogP) is 3.10. The molecule has 23 heavy (non-hydrogen) atoms. The minimum absolute atomic E-state index is 0.0789. The highest BCUT2D eigenvalue weighted by molar-refractivity contribution is 6.08. The summed E-state index contributed by atoms with van der Waals surface area (Å²) in [5.41, 5.74) is -0.0501. The molecule has 0 aliphatic carbocycles. The molecule has 2 rings (SSSR count). The fourth-order valence-corrected chi connectivity index (χ4v) is 1.80. The van der Waals surface area contributed by atoms with Crippen LogP contribution in [0.2, 0.25) is 0 Å². The molecule has 116 valence electrons. The summed E-state index contributed by atoms with van der Waals surface area (Å²) >= 11 is 0. The van der Waals surface area contributed by atoms with E-state index in [0.29, 0.717) is 5.56 Å². The van der Waals surface area contributed by atoms with Crippen molar-refractivity contribution in [2.75, 3.05) is 0 Å². The van der Waals surface area contributed by atoms with E-state index in [9.17, 15) is 30.1 Å². The molecular weight excluding hydrogens is 304 g/mol. The van der Waals surface area contributed by atoms with Crippen LogP contribution >= 0.6 is 0 Å². The molecule has 1 N–H and O–H groups in total. The summed E-state index contributed by atoms with van der Waals surface area (Å²) in [5.74, 6) is -0.987. The number of ketones is 1. The van der Waals surface area contributed by atoms with Crippen molar-refractivity contribution in [1.29, 1.82) is 0 Å².